The van der Waals surface area contributed by atoms with Crippen LogP contribution in [0.4, 0.5) is 4.79 Å². The molecular weight excluding hydrogens is 632 g/mol. The van der Waals surface area contributed by atoms with Crippen LogP contribution in [-0.4, -0.2) is 79.9 Å². The van der Waals surface area contributed by atoms with Crippen LogP contribution < -0.4 is 30.7 Å². The minimum absolute atomic E-state index is 0.0343. The lowest BCUT2D eigenvalue weighted by Crippen LogP contribution is -2.56. The van der Waals surface area contributed by atoms with Gasteiger partial charge in [0.25, 0.3) is 0 Å². The maximum Gasteiger partial charge on any atom is 0.407 e. The van der Waals surface area contributed by atoms with Crippen LogP contribution in [0.5, 0.6) is 11.5 Å². The van der Waals surface area contributed by atoms with Gasteiger partial charge in [0.1, 0.15) is 41.3 Å². The van der Waals surface area contributed by atoms with Crippen LogP contribution in [0.15, 0.2) is 48.5 Å². The van der Waals surface area contributed by atoms with E-state index < -0.39 is 53.5 Å². The third-order valence-electron chi connectivity index (χ3n) is 8.05. The standard InChI is InChI=1S/C36H48N4O9/c1-22(41)38-29-18-23-9-13-26(14-10-23)47-21-25-20-31(25)48-27-15-11-24(12-16-27)19-30(34(44)46-5)40-32(42)28(39-33(29)43)8-6-7-17-37-35(45)49-36(2,3)4/h9-16,25,28-31H,6-8,17-21H2,1-5H3,(H,37,45)(H,38,41)(H,39,43)(H,40,42)/t25?,28-,29+,30+,31?/m1/s1. The minimum atomic E-state index is -1.06. The molecule has 1 fully saturated rings. The lowest BCUT2D eigenvalue weighted by Gasteiger charge is -2.25. The number of unbranched alkanes of at least 4 members (excludes halogenated alkanes) is 1. The molecule has 13 nitrogen and oxygen atoms in total. The highest BCUT2D eigenvalue weighted by molar-refractivity contribution is 5.93. The first-order valence-electron chi connectivity index (χ1n) is 16.7. The number of nitrogens with one attached hydrogen (secondary N) is 4. The predicted octanol–water partition coefficient (Wildman–Crippen LogP) is 2.97. The van der Waals surface area contributed by atoms with Crippen molar-refractivity contribution in [3.63, 3.8) is 0 Å². The van der Waals surface area contributed by atoms with Gasteiger partial charge in [-0.25, -0.2) is 9.59 Å². The Bertz CT molecular complexity index is 1460. The molecule has 0 aromatic heterocycles. The third-order valence-corrected chi connectivity index (χ3v) is 8.05. The normalized spacial score (nSPS) is 22.8. The average molecular weight is 681 g/mol. The van der Waals surface area contributed by atoms with Gasteiger partial charge in [-0.2, -0.15) is 0 Å². The van der Waals surface area contributed by atoms with Crippen LogP contribution in [0.2, 0.25) is 0 Å². The van der Waals surface area contributed by atoms with Crippen molar-refractivity contribution in [2.75, 3.05) is 20.3 Å². The number of amides is 4. The Morgan fingerprint density at radius 1 is 0.898 bits per heavy atom. The zero-order valence-corrected chi connectivity index (χ0v) is 28.8. The van der Waals surface area contributed by atoms with Crippen molar-refractivity contribution in [2.24, 2.45) is 5.92 Å². The Labute approximate surface area is 287 Å². The van der Waals surface area contributed by atoms with E-state index in [2.05, 4.69) is 21.3 Å². The van der Waals surface area contributed by atoms with Crippen LogP contribution in [0, 0.1) is 5.92 Å². The van der Waals surface area contributed by atoms with Gasteiger partial charge in [0.05, 0.1) is 13.7 Å². The number of benzene rings is 2. The van der Waals surface area contributed by atoms with E-state index in [9.17, 15) is 24.0 Å². The highest BCUT2D eigenvalue weighted by Crippen LogP contribution is 2.35. The molecule has 7 rings (SSSR count). The van der Waals surface area contributed by atoms with E-state index in [-0.39, 0.29) is 37.8 Å². The van der Waals surface area contributed by atoms with Gasteiger partial charge in [0.15, 0.2) is 0 Å². The number of rotatable bonds is 7. The molecule has 4 bridgehead atoms. The molecule has 5 aliphatic rings. The molecule has 266 valence electrons. The molecule has 13 heteroatoms. The van der Waals surface area contributed by atoms with Gasteiger partial charge in [-0.05, 0) is 81.8 Å². The summed E-state index contributed by atoms with van der Waals surface area (Å²) in [4.78, 5) is 64.4. The van der Waals surface area contributed by atoms with Gasteiger partial charge in [0.2, 0.25) is 17.7 Å². The van der Waals surface area contributed by atoms with Crippen molar-refractivity contribution in [1.29, 1.82) is 0 Å². The number of ether oxygens (including phenoxy) is 4. The first-order valence-corrected chi connectivity index (χ1v) is 16.7. The maximum atomic E-state index is 13.7. The lowest BCUT2D eigenvalue weighted by atomic mass is 10.0. The second-order valence-corrected chi connectivity index (χ2v) is 13.5. The van der Waals surface area contributed by atoms with E-state index in [0.29, 0.717) is 30.9 Å². The fraction of sp³-hybridized carbons (Fsp3) is 0.528. The Hall–Kier alpha value is -4.81. The van der Waals surface area contributed by atoms with Crippen molar-refractivity contribution in [2.45, 2.75) is 96.1 Å². The molecule has 5 atom stereocenters. The summed E-state index contributed by atoms with van der Waals surface area (Å²) in [6.45, 7) is 7.40. The van der Waals surface area contributed by atoms with Gasteiger partial charge < -0.3 is 40.2 Å². The van der Waals surface area contributed by atoms with Crippen molar-refractivity contribution in [3.8, 4) is 11.5 Å². The molecule has 2 aromatic carbocycles. The summed E-state index contributed by atoms with van der Waals surface area (Å²) in [5.74, 6) is -0.580. The highest BCUT2D eigenvalue weighted by Gasteiger charge is 2.40. The average Bonchev–Trinajstić information content (AvgIpc) is 3.79. The zero-order chi connectivity index (χ0) is 35.6. The van der Waals surface area contributed by atoms with Crippen molar-refractivity contribution < 1.29 is 42.9 Å². The maximum absolute atomic E-state index is 13.7. The van der Waals surface area contributed by atoms with E-state index >= 15 is 0 Å². The number of hydrogen-bond acceptors (Lipinski definition) is 9. The monoisotopic (exact) mass is 680 g/mol. The summed E-state index contributed by atoms with van der Waals surface area (Å²) in [5, 5.41) is 10.9. The molecule has 4 heterocycles. The summed E-state index contributed by atoms with van der Waals surface area (Å²) in [6.07, 6.45) is 1.77. The summed E-state index contributed by atoms with van der Waals surface area (Å²) < 4.78 is 22.4. The Morgan fingerprint density at radius 3 is 2.18 bits per heavy atom. The van der Waals surface area contributed by atoms with Gasteiger partial charge in [-0.15, -0.1) is 0 Å². The van der Waals surface area contributed by atoms with E-state index in [4.69, 9.17) is 18.9 Å². The fourth-order valence-electron chi connectivity index (χ4n) is 5.40. The predicted molar refractivity (Wildman–Crippen MR) is 180 cm³/mol. The third kappa shape index (κ3) is 12.3. The van der Waals surface area contributed by atoms with Gasteiger partial charge >= 0.3 is 12.1 Å². The molecule has 4 aliphatic heterocycles. The van der Waals surface area contributed by atoms with E-state index in [0.717, 1.165) is 17.5 Å². The summed E-state index contributed by atoms with van der Waals surface area (Å²) in [5.41, 5.74) is 0.903. The molecule has 4 amide bonds. The Morgan fingerprint density at radius 2 is 1.55 bits per heavy atom. The van der Waals surface area contributed by atoms with Crippen LogP contribution in [-0.2, 0) is 41.5 Å². The van der Waals surface area contributed by atoms with Crippen molar-refractivity contribution >= 4 is 29.8 Å². The topological polar surface area (TPSA) is 170 Å². The second-order valence-electron chi connectivity index (χ2n) is 13.5. The lowest BCUT2D eigenvalue weighted by molar-refractivity contribution is -0.145. The minimum Gasteiger partial charge on any atom is -0.493 e. The van der Waals surface area contributed by atoms with E-state index in [1.54, 1.807) is 20.8 Å². The Balaban J connectivity index is 1.54. The molecular formula is C36H48N4O9. The largest absolute Gasteiger partial charge is 0.493 e. The summed E-state index contributed by atoms with van der Waals surface area (Å²) in [7, 11) is 1.24. The quantitative estimate of drug-likeness (QED) is 0.254. The molecule has 2 aromatic rings. The second kappa shape index (κ2) is 17.0. The van der Waals surface area contributed by atoms with E-state index in [1.807, 2.05) is 48.5 Å². The first-order chi connectivity index (χ1) is 23.3. The first kappa shape index (κ1) is 37.0. The SMILES string of the molecule is COC(=O)[C@@H]1Cc2ccc(cc2)OC2CC2COc2ccc(cc2)C[C@H](NC(C)=O)C(=O)N[C@H](CCCCNC(=O)OC(C)(C)C)C(=O)N1. The number of carbonyl (C=O) groups is 5. The van der Waals surface area contributed by atoms with Crippen LogP contribution in [0.25, 0.3) is 0 Å². The van der Waals surface area contributed by atoms with Crippen LogP contribution in [0.3, 0.4) is 0 Å². The zero-order valence-electron chi connectivity index (χ0n) is 28.8. The summed E-state index contributed by atoms with van der Waals surface area (Å²) in [6, 6.07) is 11.5. The summed E-state index contributed by atoms with van der Waals surface area (Å²) >= 11 is 0. The number of carbonyl (C=O) groups excluding carboxylic acids is 5. The molecule has 1 aliphatic carbocycles. The molecule has 0 spiro atoms. The Kier molecular flexibility index (Phi) is 12.9. The molecule has 4 N–H and O–H groups in total. The molecule has 49 heavy (non-hydrogen) atoms. The van der Waals surface area contributed by atoms with Crippen molar-refractivity contribution in [1.82, 2.24) is 21.3 Å². The molecule has 0 saturated heterocycles. The molecule has 2 unspecified atom stereocenters. The molecule has 0 radical (unpaired) electrons. The van der Waals surface area contributed by atoms with Crippen molar-refractivity contribution in [3.05, 3.63) is 59.7 Å². The number of alkyl carbamates (subject to hydrolysis) is 1. The smallest absolute Gasteiger partial charge is 0.407 e. The number of methoxy groups -OCH3 is 1. The highest BCUT2D eigenvalue weighted by atomic mass is 16.6. The number of hydrogen-bond donors (Lipinski definition) is 4. The van der Waals surface area contributed by atoms with E-state index in [1.165, 1.54) is 14.0 Å². The van der Waals surface area contributed by atoms with Crippen LogP contribution >= 0.6 is 0 Å². The molecule has 1 saturated carbocycles. The number of esters is 1. The van der Waals surface area contributed by atoms with Crippen LogP contribution in [0.1, 0.15) is 64.5 Å². The van der Waals surface area contributed by atoms with Gasteiger partial charge in [-0.1, -0.05) is 24.3 Å². The van der Waals surface area contributed by atoms with Gasteiger partial charge in [-0.3, -0.25) is 14.4 Å². The fourth-order valence-corrected chi connectivity index (χ4v) is 5.40. The van der Waals surface area contributed by atoms with Gasteiger partial charge in [0, 0.05) is 32.2 Å².